The van der Waals surface area contributed by atoms with Crippen molar-refractivity contribution in [1.29, 1.82) is 0 Å². The number of rotatable bonds is 2. The third kappa shape index (κ3) is 2.72. The Morgan fingerprint density at radius 1 is 1.26 bits per heavy atom. The minimum absolute atomic E-state index is 0.367. The highest BCUT2D eigenvalue weighted by Crippen LogP contribution is 2.30. The number of methoxy groups -OCH3 is 1. The minimum atomic E-state index is -0.528. The summed E-state index contributed by atoms with van der Waals surface area (Å²) in [6, 6.07) is 5.37. The molecule has 0 spiro atoms. The summed E-state index contributed by atoms with van der Waals surface area (Å²) in [7, 11) is 1.59. The van der Waals surface area contributed by atoms with Gasteiger partial charge in [0.15, 0.2) is 0 Å². The monoisotopic (exact) mass is 262 g/mol. The molecule has 1 aromatic carbocycles. The van der Waals surface area contributed by atoms with Crippen LogP contribution >= 0.6 is 0 Å². The van der Waals surface area contributed by atoms with Gasteiger partial charge in [0.05, 0.1) is 7.11 Å². The van der Waals surface area contributed by atoms with Gasteiger partial charge >= 0.3 is 5.97 Å². The molecule has 0 aliphatic heterocycles. The number of hydrogen-bond acceptors (Lipinski definition) is 4. The summed E-state index contributed by atoms with van der Waals surface area (Å²) in [5.41, 5.74) is 0.574. The van der Waals surface area contributed by atoms with E-state index in [0.29, 0.717) is 22.7 Å². The van der Waals surface area contributed by atoms with Crippen LogP contribution in [0.25, 0.3) is 11.0 Å². The smallest absolute Gasteiger partial charge is 0.342 e. The van der Waals surface area contributed by atoms with Crippen molar-refractivity contribution in [3.05, 3.63) is 29.5 Å². The fourth-order valence-electron chi connectivity index (χ4n) is 1.91. The van der Waals surface area contributed by atoms with Crippen molar-refractivity contribution < 1.29 is 18.7 Å². The molecule has 0 aliphatic carbocycles. The summed E-state index contributed by atoms with van der Waals surface area (Å²) in [6.45, 7) is 7.27. The first-order chi connectivity index (χ1) is 8.81. The van der Waals surface area contributed by atoms with Crippen LogP contribution in [0, 0.1) is 6.92 Å². The van der Waals surface area contributed by atoms with Crippen LogP contribution in [-0.2, 0) is 4.74 Å². The largest absolute Gasteiger partial charge is 0.497 e. The Kier molecular flexibility index (Phi) is 3.27. The van der Waals surface area contributed by atoms with Gasteiger partial charge in [-0.05, 0) is 39.8 Å². The van der Waals surface area contributed by atoms with Crippen molar-refractivity contribution in [2.24, 2.45) is 0 Å². The molecule has 0 aliphatic rings. The number of esters is 1. The molecule has 0 atom stereocenters. The van der Waals surface area contributed by atoms with Crippen LogP contribution in [0.15, 0.2) is 22.6 Å². The predicted molar refractivity (Wildman–Crippen MR) is 72.7 cm³/mol. The quantitative estimate of drug-likeness (QED) is 0.774. The molecule has 4 nitrogen and oxygen atoms in total. The van der Waals surface area contributed by atoms with Crippen LogP contribution < -0.4 is 4.74 Å². The lowest BCUT2D eigenvalue weighted by Crippen LogP contribution is -2.24. The third-order valence-electron chi connectivity index (χ3n) is 2.68. The first kappa shape index (κ1) is 13.5. The van der Waals surface area contributed by atoms with E-state index in [9.17, 15) is 4.79 Å². The second-order valence-electron chi connectivity index (χ2n) is 5.40. The molecule has 0 N–H and O–H groups in total. The highest BCUT2D eigenvalue weighted by molar-refractivity contribution is 6.04. The maximum Gasteiger partial charge on any atom is 0.342 e. The fourth-order valence-corrected chi connectivity index (χ4v) is 1.91. The number of fused-ring (bicyclic) bond motifs is 1. The highest BCUT2D eigenvalue weighted by Gasteiger charge is 2.24. The molecule has 0 saturated carbocycles. The number of ether oxygens (including phenoxy) is 2. The molecule has 1 aromatic heterocycles. The number of hydrogen-bond donors (Lipinski definition) is 0. The third-order valence-corrected chi connectivity index (χ3v) is 2.68. The van der Waals surface area contributed by atoms with Crippen LogP contribution in [0.4, 0.5) is 0 Å². The summed E-state index contributed by atoms with van der Waals surface area (Å²) in [6.07, 6.45) is 0. The highest BCUT2D eigenvalue weighted by atomic mass is 16.6. The Hall–Kier alpha value is -1.97. The molecule has 0 radical (unpaired) electrons. The normalized spacial score (nSPS) is 11.6. The van der Waals surface area contributed by atoms with Gasteiger partial charge in [0, 0.05) is 11.5 Å². The minimum Gasteiger partial charge on any atom is -0.497 e. The second kappa shape index (κ2) is 4.61. The van der Waals surface area contributed by atoms with E-state index in [1.54, 1.807) is 26.2 Å². The first-order valence-corrected chi connectivity index (χ1v) is 6.12. The summed E-state index contributed by atoms with van der Waals surface area (Å²) in [4.78, 5) is 12.2. The maximum atomic E-state index is 12.2. The number of aryl methyl sites for hydroxylation is 1. The molecule has 2 rings (SSSR count). The molecule has 19 heavy (non-hydrogen) atoms. The Morgan fingerprint density at radius 2 is 1.95 bits per heavy atom. The number of furan rings is 1. The van der Waals surface area contributed by atoms with E-state index in [-0.39, 0.29) is 5.97 Å². The maximum absolute atomic E-state index is 12.2. The van der Waals surface area contributed by atoms with Crippen molar-refractivity contribution in [3.8, 4) is 5.75 Å². The molecule has 2 aromatic rings. The molecule has 0 fully saturated rings. The summed E-state index contributed by atoms with van der Waals surface area (Å²) in [5.74, 6) is 0.878. The van der Waals surface area contributed by atoms with Crippen LogP contribution in [0.3, 0.4) is 0 Å². The van der Waals surface area contributed by atoms with E-state index in [0.717, 1.165) is 5.39 Å². The van der Waals surface area contributed by atoms with Crippen LogP contribution in [-0.4, -0.2) is 18.7 Å². The van der Waals surface area contributed by atoms with E-state index in [4.69, 9.17) is 13.9 Å². The van der Waals surface area contributed by atoms with Gasteiger partial charge in [-0.1, -0.05) is 0 Å². The van der Waals surface area contributed by atoms with Crippen LogP contribution in [0.2, 0.25) is 0 Å². The molecule has 102 valence electrons. The lowest BCUT2D eigenvalue weighted by Gasteiger charge is -2.19. The van der Waals surface area contributed by atoms with Gasteiger partial charge in [0.25, 0.3) is 0 Å². The Labute approximate surface area is 112 Å². The van der Waals surface area contributed by atoms with Gasteiger partial charge in [-0.3, -0.25) is 0 Å². The molecule has 0 bridgehead atoms. The fraction of sp³-hybridized carbons (Fsp3) is 0.400. The average molecular weight is 262 g/mol. The lowest BCUT2D eigenvalue weighted by molar-refractivity contribution is 0.00698. The Morgan fingerprint density at radius 3 is 2.53 bits per heavy atom. The summed E-state index contributed by atoms with van der Waals surface area (Å²) in [5, 5.41) is 0.743. The van der Waals surface area contributed by atoms with E-state index >= 15 is 0 Å². The molecular weight excluding hydrogens is 244 g/mol. The zero-order valence-corrected chi connectivity index (χ0v) is 11.9. The molecular formula is C15H18O4. The number of benzene rings is 1. The Balaban J connectivity index is 2.49. The second-order valence-corrected chi connectivity index (χ2v) is 5.40. The van der Waals surface area contributed by atoms with Crippen LogP contribution in [0.1, 0.15) is 36.9 Å². The van der Waals surface area contributed by atoms with Gasteiger partial charge in [0.1, 0.15) is 28.3 Å². The molecule has 0 saturated heterocycles. The van der Waals surface area contributed by atoms with Gasteiger partial charge in [-0.15, -0.1) is 0 Å². The molecule has 1 heterocycles. The average Bonchev–Trinajstić information content (AvgIpc) is 2.61. The van der Waals surface area contributed by atoms with Crippen molar-refractivity contribution >= 4 is 16.9 Å². The zero-order valence-electron chi connectivity index (χ0n) is 11.9. The zero-order chi connectivity index (χ0) is 14.2. The van der Waals surface area contributed by atoms with Crippen LogP contribution in [0.5, 0.6) is 5.75 Å². The molecule has 0 unspecified atom stereocenters. The van der Waals surface area contributed by atoms with E-state index in [1.165, 1.54) is 0 Å². The van der Waals surface area contributed by atoms with E-state index < -0.39 is 5.60 Å². The molecule has 4 heteroatoms. The molecule has 0 amide bonds. The van der Waals surface area contributed by atoms with E-state index in [2.05, 4.69) is 0 Å². The topological polar surface area (TPSA) is 48.7 Å². The predicted octanol–water partition coefficient (Wildman–Crippen LogP) is 3.71. The van der Waals surface area contributed by atoms with Crippen molar-refractivity contribution in [1.82, 2.24) is 0 Å². The van der Waals surface area contributed by atoms with Crippen molar-refractivity contribution in [2.75, 3.05) is 7.11 Å². The first-order valence-electron chi connectivity index (χ1n) is 6.12. The van der Waals surface area contributed by atoms with Crippen molar-refractivity contribution in [2.45, 2.75) is 33.3 Å². The summed E-state index contributed by atoms with van der Waals surface area (Å²) >= 11 is 0. The van der Waals surface area contributed by atoms with Gasteiger partial charge in [-0.25, -0.2) is 4.79 Å². The van der Waals surface area contributed by atoms with Gasteiger partial charge < -0.3 is 13.9 Å². The number of carbonyl (C=O) groups excluding carboxylic acids is 1. The number of carbonyl (C=O) groups is 1. The standard InChI is InChI=1S/C15H18O4/c1-9-13(14(16)19-15(2,3)4)11-7-6-10(17-5)8-12(11)18-9/h6-8H,1-5H3. The summed E-state index contributed by atoms with van der Waals surface area (Å²) < 4.78 is 16.1. The van der Waals surface area contributed by atoms with Gasteiger partial charge in [0.2, 0.25) is 0 Å². The lowest BCUT2D eigenvalue weighted by atomic mass is 10.1. The Bertz CT molecular complexity index is 617. The SMILES string of the molecule is COc1ccc2c(C(=O)OC(C)(C)C)c(C)oc2c1. The van der Waals surface area contributed by atoms with Crippen molar-refractivity contribution in [3.63, 3.8) is 0 Å². The van der Waals surface area contributed by atoms with E-state index in [1.807, 2.05) is 26.8 Å². The van der Waals surface area contributed by atoms with Gasteiger partial charge in [-0.2, -0.15) is 0 Å².